The van der Waals surface area contributed by atoms with E-state index in [1.54, 1.807) is 6.07 Å². The zero-order chi connectivity index (χ0) is 17.7. The summed E-state index contributed by atoms with van der Waals surface area (Å²) in [6.45, 7) is 4.23. The van der Waals surface area contributed by atoms with Gasteiger partial charge in [-0.25, -0.2) is 4.98 Å². The smallest absolute Gasteiger partial charge is 0.404 e. The molecule has 0 saturated carbocycles. The number of hydrogen-bond acceptors (Lipinski definition) is 4. The first-order valence-corrected chi connectivity index (χ1v) is 7.96. The molecule has 130 valence electrons. The maximum absolute atomic E-state index is 12.4. The van der Waals surface area contributed by atoms with E-state index in [1.165, 1.54) is 29.5 Å². The van der Waals surface area contributed by atoms with Gasteiger partial charge in [-0.3, -0.25) is 4.99 Å². The van der Waals surface area contributed by atoms with E-state index in [9.17, 15) is 13.2 Å². The van der Waals surface area contributed by atoms with Gasteiger partial charge in [0.05, 0.1) is 17.2 Å². The number of nitrogens with one attached hydrogen (secondary N) is 1. The molecule has 0 saturated heterocycles. The van der Waals surface area contributed by atoms with Crippen LogP contribution in [0.3, 0.4) is 0 Å². The highest BCUT2D eigenvalue weighted by atomic mass is 32.1. The van der Waals surface area contributed by atoms with Crippen molar-refractivity contribution < 1.29 is 17.9 Å². The van der Waals surface area contributed by atoms with Crippen LogP contribution in [0.4, 0.5) is 18.9 Å². The Morgan fingerprint density at radius 3 is 2.75 bits per heavy atom. The highest BCUT2D eigenvalue weighted by molar-refractivity contribution is 7.09. The number of benzene rings is 1. The maximum Gasteiger partial charge on any atom is 0.573 e. The lowest BCUT2D eigenvalue weighted by molar-refractivity contribution is -0.274. The first kappa shape index (κ1) is 18.1. The molecule has 1 unspecified atom stereocenters. The van der Waals surface area contributed by atoms with Crippen molar-refractivity contribution in [3.8, 4) is 5.75 Å². The van der Waals surface area contributed by atoms with Crippen molar-refractivity contribution in [3.63, 3.8) is 0 Å². The van der Waals surface area contributed by atoms with Gasteiger partial charge in [0.2, 0.25) is 0 Å². The largest absolute Gasteiger partial charge is 0.573 e. The van der Waals surface area contributed by atoms with Gasteiger partial charge in [-0.2, -0.15) is 0 Å². The third kappa shape index (κ3) is 5.41. The molecule has 1 atom stereocenters. The predicted molar refractivity (Wildman–Crippen MR) is 88.5 cm³/mol. The number of ether oxygens (including phenoxy) is 1. The maximum atomic E-state index is 12.4. The van der Waals surface area contributed by atoms with Gasteiger partial charge in [0.15, 0.2) is 11.7 Å². The molecular formula is C15H17F3N4OS. The number of nitrogens with zero attached hydrogens (tertiary/aromatic N) is 2. The SMILES string of the molecule is Cc1csc(C(C)CN=C(N)Nc2ccccc2OC(F)(F)F)n1. The molecule has 2 rings (SSSR count). The van der Waals surface area contributed by atoms with Crippen molar-refractivity contribution >= 4 is 23.0 Å². The summed E-state index contributed by atoms with van der Waals surface area (Å²) in [5, 5.41) is 5.51. The summed E-state index contributed by atoms with van der Waals surface area (Å²) < 4.78 is 41.1. The number of rotatable bonds is 5. The average molecular weight is 358 g/mol. The molecule has 0 bridgehead atoms. The molecule has 0 aliphatic heterocycles. The lowest BCUT2D eigenvalue weighted by atomic mass is 10.2. The Kier molecular flexibility index (Phi) is 5.66. The predicted octanol–water partition coefficient (Wildman–Crippen LogP) is 3.88. The molecule has 0 aliphatic rings. The molecule has 1 aromatic heterocycles. The summed E-state index contributed by atoms with van der Waals surface area (Å²) in [6, 6.07) is 5.63. The summed E-state index contributed by atoms with van der Waals surface area (Å²) in [7, 11) is 0. The van der Waals surface area contributed by atoms with Gasteiger partial charge in [-0.15, -0.1) is 24.5 Å². The standard InChI is InChI=1S/C15H17F3N4OS/c1-9(13-21-10(2)8-24-13)7-20-14(19)22-11-5-3-4-6-12(11)23-15(16,17)18/h3-6,8-9H,7H2,1-2H3,(H3,19,20,22). The minimum atomic E-state index is -4.78. The average Bonchev–Trinajstić information content (AvgIpc) is 2.92. The number of para-hydroxylation sites is 2. The van der Waals surface area contributed by atoms with E-state index in [2.05, 4.69) is 20.0 Å². The first-order valence-electron chi connectivity index (χ1n) is 7.08. The van der Waals surface area contributed by atoms with Crippen LogP contribution < -0.4 is 15.8 Å². The van der Waals surface area contributed by atoms with Gasteiger partial charge >= 0.3 is 6.36 Å². The van der Waals surface area contributed by atoms with Crippen LogP contribution in [0.2, 0.25) is 0 Å². The minimum Gasteiger partial charge on any atom is -0.404 e. The van der Waals surface area contributed by atoms with Crippen LogP contribution in [-0.4, -0.2) is 23.9 Å². The topological polar surface area (TPSA) is 72.5 Å². The number of hydrogen-bond donors (Lipinski definition) is 2. The van der Waals surface area contributed by atoms with Gasteiger partial charge in [0.25, 0.3) is 0 Å². The summed E-state index contributed by atoms with van der Waals surface area (Å²) in [6.07, 6.45) is -4.78. The molecule has 0 fully saturated rings. The Balaban J connectivity index is 2.02. The first-order chi connectivity index (χ1) is 11.2. The third-order valence-electron chi connectivity index (χ3n) is 2.97. The Hall–Kier alpha value is -2.29. The van der Waals surface area contributed by atoms with E-state index in [0.717, 1.165) is 10.7 Å². The fraction of sp³-hybridized carbons (Fsp3) is 0.333. The van der Waals surface area contributed by atoms with Crippen LogP contribution in [0, 0.1) is 6.92 Å². The van der Waals surface area contributed by atoms with E-state index in [4.69, 9.17) is 5.73 Å². The Bertz CT molecular complexity index is 715. The molecule has 9 heteroatoms. The van der Waals surface area contributed by atoms with Crippen molar-refractivity contribution in [2.24, 2.45) is 10.7 Å². The van der Waals surface area contributed by atoms with E-state index < -0.39 is 6.36 Å². The summed E-state index contributed by atoms with van der Waals surface area (Å²) in [4.78, 5) is 8.53. The molecule has 1 aromatic carbocycles. The van der Waals surface area contributed by atoms with Gasteiger partial charge in [-0.1, -0.05) is 19.1 Å². The Morgan fingerprint density at radius 1 is 1.42 bits per heavy atom. The molecule has 24 heavy (non-hydrogen) atoms. The Morgan fingerprint density at radius 2 is 2.12 bits per heavy atom. The number of aliphatic imine (C=N–C) groups is 1. The highest BCUT2D eigenvalue weighted by Crippen LogP contribution is 2.29. The quantitative estimate of drug-likeness (QED) is 0.628. The van der Waals surface area contributed by atoms with Crippen molar-refractivity contribution in [3.05, 3.63) is 40.3 Å². The van der Waals surface area contributed by atoms with Crippen LogP contribution in [0.25, 0.3) is 0 Å². The lowest BCUT2D eigenvalue weighted by Crippen LogP contribution is -2.25. The second-order valence-corrected chi connectivity index (χ2v) is 6.01. The minimum absolute atomic E-state index is 0.00773. The zero-order valence-electron chi connectivity index (χ0n) is 13.1. The number of anilines is 1. The molecular weight excluding hydrogens is 341 g/mol. The molecule has 0 aliphatic carbocycles. The van der Waals surface area contributed by atoms with Gasteiger partial charge in [-0.05, 0) is 19.1 Å². The fourth-order valence-corrected chi connectivity index (χ4v) is 2.72. The number of halogens is 3. The molecule has 1 heterocycles. The molecule has 5 nitrogen and oxygen atoms in total. The number of thiazole rings is 1. The number of aromatic nitrogens is 1. The van der Waals surface area contributed by atoms with Crippen LogP contribution in [0.15, 0.2) is 34.6 Å². The molecule has 3 N–H and O–H groups in total. The molecule has 0 spiro atoms. The third-order valence-corrected chi connectivity index (χ3v) is 4.16. The van der Waals surface area contributed by atoms with E-state index in [0.29, 0.717) is 6.54 Å². The van der Waals surface area contributed by atoms with Crippen molar-refractivity contribution in [2.45, 2.75) is 26.1 Å². The number of guanidine groups is 1. The normalized spacial score (nSPS) is 13.6. The van der Waals surface area contributed by atoms with Crippen LogP contribution in [0.5, 0.6) is 5.75 Å². The van der Waals surface area contributed by atoms with Gasteiger partial charge < -0.3 is 15.8 Å². The second-order valence-electron chi connectivity index (χ2n) is 5.12. The van der Waals surface area contributed by atoms with Gasteiger partial charge in [0.1, 0.15) is 0 Å². The second kappa shape index (κ2) is 7.52. The highest BCUT2D eigenvalue weighted by Gasteiger charge is 2.32. The summed E-state index contributed by atoms with van der Waals surface area (Å²) in [5.41, 5.74) is 6.79. The molecule has 2 aromatic rings. The van der Waals surface area contributed by atoms with Crippen LogP contribution in [0.1, 0.15) is 23.5 Å². The van der Waals surface area contributed by atoms with E-state index >= 15 is 0 Å². The van der Waals surface area contributed by atoms with Crippen molar-refractivity contribution in [1.82, 2.24) is 4.98 Å². The number of alkyl halides is 3. The molecule has 0 radical (unpaired) electrons. The monoisotopic (exact) mass is 358 g/mol. The fourth-order valence-electron chi connectivity index (χ4n) is 1.87. The van der Waals surface area contributed by atoms with E-state index in [1.807, 2.05) is 19.2 Å². The van der Waals surface area contributed by atoms with Crippen LogP contribution in [-0.2, 0) is 0 Å². The number of nitrogens with two attached hydrogens (primary N) is 1. The zero-order valence-corrected chi connectivity index (χ0v) is 13.9. The molecule has 0 amide bonds. The number of aryl methyl sites for hydroxylation is 1. The van der Waals surface area contributed by atoms with E-state index in [-0.39, 0.29) is 23.3 Å². The summed E-state index contributed by atoms with van der Waals surface area (Å²) >= 11 is 1.54. The van der Waals surface area contributed by atoms with Crippen molar-refractivity contribution in [2.75, 3.05) is 11.9 Å². The lowest BCUT2D eigenvalue weighted by Gasteiger charge is -2.14. The van der Waals surface area contributed by atoms with Gasteiger partial charge in [0, 0.05) is 17.0 Å². The summed E-state index contributed by atoms with van der Waals surface area (Å²) in [5.74, 6) is -0.300. The van der Waals surface area contributed by atoms with Crippen LogP contribution >= 0.6 is 11.3 Å². The Labute approximate surface area is 141 Å². The van der Waals surface area contributed by atoms with Crippen molar-refractivity contribution in [1.29, 1.82) is 0 Å².